The third-order valence-corrected chi connectivity index (χ3v) is 3.28. The molecule has 7 nitrogen and oxygen atoms in total. The van der Waals surface area contributed by atoms with Gasteiger partial charge in [0.15, 0.2) is 0 Å². The second kappa shape index (κ2) is 7.73. The number of hydrogen-bond acceptors (Lipinski definition) is 4. The maximum Gasteiger partial charge on any atom is 0.273 e. The van der Waals surface area contributed by atoms with Crippen LogP contribution in [-0.4, -0.2) is 34.9 Å². The standard InChI is InChI=1S/C16H21N3O4/c1-11(2)23-9-5-8-17-14(20)10-19-16(22)13-7-4-3-6-12(13)15(21)18-19/h3-4,6-7,11H,5,8-10H2,1-2H3,(H,17,20)(H,18,21). The quantitative estimate of drug-likeness (QED) is 0.732. The molecule has 1 heterocycles. The van der Waals surface area contributed by atoms with E-state index in [1.54, 1.807) is 24.3 Å². The smallest absolute Gasteiger partial charge is 0.273 e. The Balaban J connectivity index is 1.99. The van der Waals surface area contributed by atoms with E-state index < -0.39 is 11.1 Å². The summed E-state index contributed by atoms with van der Waals surface area (Å²) in [6.45, 7) is 4.69. The number of carbonyl (C=O) groups excluding carboxylic acids is 1. The van der Waals surface area contributed by atoms with Crippen LogP contribution >= 0.6 is 0 Å². The summed E-state index contributed by atoms with van der Waals surface area (Å²) in [5.74, 6) is -0.331. The van der Waals surface area contributed by atoms with E-state index in [1.165, 1.54) is 0 Å². The number of aromatic amines is 1. The van der Waals surface area contributed by atoms with Crippen LogP contribution in [0.1, 0.15) is 20.3 Å². The Labute approximate surface area is 133 Å². The minimum atomic E-state index is -0.390. The molecular weight excluding hydrogens is 298 g/mol. The van der Waals surface area contributed by atoms with Crippen molar-refractivity contribution in [1.82, 2.24) is 15.1 Å². The van der Waals surface area contributed by atoms with Crippen LogP contribution < -0.4 is 16.4 Å². The fourth-order valence-electron chi connectivity index (χ4n) is 2.18. The number of hydrogen-bond donors (Lipinski definition) is 2. The number of nitrogens with one attached hydrogen (secondary N) is 2. The molecule has 1 aromatic heterocycles. The first-order valence-corrected chi connectivity index (χ1v) is 7.59. The van der Waals surface area contributed by atoms with Gasteiger partial charge in [-0.2, -0.15) is 0 Å². The molecule has 0 bridgehead atoms. The van der Waals surface area contributed by atoms with Crippen molar-refractivity contribution < 1.29 is 9.53 Å². The van der Waals surface area contributed by atoms with Gasteiger partial charge in [0, 0.05) is 13.2 Å². The van der Waals surface area contributed by atoms with E-state index in [0.29, 0.717) is 30.3 Å². The molecule has 1 aromatic carbocycles. The molecule has 0 radical (unpaired) electrons. The summed E-state index contributed by atoms with van der Waals surface area (Å²) in [7, 11) is 0. The van der Waals surface area contributed by atoms with Crippen LogP contribution in [0.4, 0.5) is 0 Å². The molecule has 1 amide bonds. The van der Waals surface area contributed by atoms with Crippen molar-refractivity contribution >= 4 is 16.7 Å². The van der Waals surface area contributed by atoms with Crippen LogP contribution in [-0.2, 0) is 16.1 Å². The molecule has 0 atom stereocenters. The van der Waals surface area contributed by atoms with Crippen LogP contribution in [0.15, 0.2) is 33.9 Å². The van der Waals surface area contributed by atoms with Crippen LogP contribution in [0.2, 0.25) is 0 Å². The lowest BCUT2D eigenvalue weighted by molar-refractivity contribution is -0.121. The molecule has 2 rings (SSSR count). The third kappa shape index (κ3) is 4.53. The molecule has 0 aliphatic carbocycles. The van der Waals surface area contributed by atoms with Crippen molar-refractivity contribution in [2.24, 2.45) is 0 Å². The first kappa shape index (κ1) is 17.0. The van der Waals surface area contributed by atoms with E-state index >= 15 is 0 Å². The number of aromatic nitrogens is 2. The summed E-state index contributed by atoms with van der Waals surface area (Å²) < 4.78 is 6.40. The zero-order chi connectivity index (χ0) is 16.8. The van der Waals surface area contributed by atoms with E-state index in [4.69, 9.17) is 4.74 Å². The van der Waals surface area contributed by atoms with Gasteiger partial charge in [0.05, 0.1) is 16.9 Å². The molecule has 2 aromatic rings. The highest BCUT2D eigenvalue weighted by atomic mass is 16.5. The van der Waals surface area contributed by atoms with Gasteiger partial charge in [0.1, 0.15) is 6.54 Å². The Hall–Kier alpha value is -2.41. The van der Waals surface area contributed by atoms with Gasteiger partial charge >= 0.3 is 0 Å². The summed E-state index contributed by atoms with van der Waals surface area (Å²) in [6.07, 6.45) is 0.847. The Kier molecular flexibility index (Phi) is 5.70. The molecule has 0 fully saturated rings. The average molecular weight is 319 g/mol. The highest BCUT2D eigenvalue weighted by Crippen LogP contribution is 2.02. The molecule has 7 heteroatoms. The van der Waals surface area contributed by atoms with E-state index in [2.05, 4.69) is 10.4 Å². The average Bonchev–Trinajstić information content (AvgIpc) is 2.52. The number of nitrogens with zero attached hydrogens (tertiary/aromatic N) is 1. The van der Waals surface area contributed by atoms with Crippen LogP contribution in [0.3, 0.4) is 0 Å². The lowest BCUT2D eigenvalue weighted by Gasteiger charge is -2.09. The van der Waals surface area contributed by atoms with Crippen molar-refractivity contribution in [2.45, 2.75) is 32.9 Å². The molecule has 0 aliphatic rings. The zero-order valence-corrected chi connectivity index (χ0v) is 13.3. The molecule has 0 unspecified atom stereocenters. The molecule has 0 saturated heterocycles. The van der Waals surface area contributed by atoms with E-state index in [1.807, 2.05) is 13.8 Å². The maximum absolute atomic E-state index is 12.3. The van der Waals surface area contributed by atoms with Crippen molar-refractivity contribution in [3.8, 4) is 0 Å². The van der Waals surface area contributed by atoms with Crippen LogP contribution in [0.25, 0.3) is 10.8 Å². The van der Waals surface area contributed by atoms with Gasteiger partial charge in [0.2, 0.25) is 5.91 Å². The zero-order valence-electron chi connectivity index (χ0n) is 13.3. The minimum Gasteiger partial charge on any atom is -0.379 e. The topological polar surface area (TPSA) is 93.2 Å². The number of rotatable bonds is 7. The number of amides is 1. The molecule has 2 N–H and O–H groups in total. The summed E-state index contributed by atoms with van der Waals surface area (Å²) in [4.78, 5) is 36.1. The molecule has 124 valence electrons. The summed E-state index contributed by atoms with van der Waals surface area (Å²) in [5, 5.41) is 5.75. The Morgan fingerprint density at radius 2 is 1.96 bits per heavy atom. The predicted molar refractivity (Wildman–Crippen MR) is 87.5 cm³/mol. The predicted octanol–water partition coefficient (Wildman–Crippen LogP) is 0.621. The van der Waals surface area contributed by atoms with Gasteiger partial charge in [-0.15, -0.1) is 0 Å². The fraction of sp³-hybridized carbons (Fsp3) is 0.438. The fourth-order valence-corrected chi connectivity index (χ4v) is 2.18. The van der Waals surface area contributed by atoms with Crippen molar-refractivity contribution in [1.29, 1.82) is 0 Å². The van der Waals surface area contributed by atoms with Crippen molar-refractivity contribution in [3.63, 3.8) is 0 Å². The van der Waals surface area contributed by atoms with Gasteiger partial charge in [-0.25, -0.2) is 4.68 Å². The van der Waals surface area contributed by atoms with Crippen LogP contribution in [0.5, 0.6) is 0 Å². The Morgan fingerprint density at radius 3 is 2.65 bits per heavy atom. The Morgan fingerprint density at radius 1 is 1.26 bits per heavy atom. The van der Waals surface area contributed by atoms with E-state index in [-0.39, 0.29) is 18.6 Å². The minimum absolute atomic E-state index is 0.159. The SMILES string of the molecule is CC(C)OCCCNC(=O)Cn1[nH]c(=O)c2ccccc2c1=O. The number of carbonyl (C=O) groups is 1. The molecular formula is C16H21N3O4. The van der Waals surface area contributed by atoms with Crippen molar-refractivity contribution in [3.05, 3.63) is 45.0 Å². The monoisotopic (exact) mass is 319 g/mol. The number of H-pyrrole nitrogens is 1. The molecule has 0 aliphatic heterocycles. The summed E-state index contributed by atoms with van der Waals surface area (Å²) in [5.41, 5.74) is -0.781. The van der Waals surface area contributed by atoms with E-state index in [0.717, 1.165) is 4.68 Å². The second-order valence-electron chi connectivity index (χ2n) is 5.50. The van der Waals surface area contributed by atoms with Gasteiger partial charge < -0.3 is 10.1 Å². The van der Waals surface area contributed by atoms with Crippen LogP contribution in [0, 0.1) is 0 Å². The largest absolute Gasteiger partial charge is 0.379 e. The first-order chi connectivity index (χ1) is 11.0. The number of benzene rings is 1. The first-order valence-electron chi connectivity index (χ1n) is 7.59. The number of fused-ring (bicyclic) bond motifs is 1. The third-order valence-electron chi connectivity index (χ3n) is 3.28. The highest BCUT2D eigenvalue weighted by molar-refractivity contribution is 5.81. The van der Waals surface area contributed by atoms with Gasteiger partial charge in [0.25, 0.3) is 11.1 Å². The van der Waals surface area contributed by atoms with Gasteiger partial charge in [-0.1, -0.05) is 12.1 Å². The normalized spacial score (nSPS) is 11.1. The molecule has 0 saturated carbocycles. The van der Waals surface area contributed by atoms with Gasteiger partial charge in [-0.05, 0) is 32.4 Å². The molecule has 23 heavy (non-hydrogen) atoms. The van der Waals surface area contributed by atoms with E-state index in [9.17, 15) is 14.4 Å². The highest BCUT2D eigenvalue weighted by Gasteiger charge is 2.09. The lowest BCUT2D eigenvalue weighted by atomic mass is 10.2. The van der Waals surface area contributed by atoms with Crippen molar-refractivity contribution in [2.75, 3.05) is 13.2 Å². The number of ether oxygens (including phenoxy) is 1. The lowest BCUT2D eigenvalue weighted by Crippen LogP contribution is -2.37. The summed E-state index contributed by atoms with van der Waals surface area (Å²) in [6, 6.07) is 6.52. The molecule has 0 spiro atoms. The Bertz CT molecular complexity index is 792. The summed E-state index contributed by atoms with van der Waals surface area (Å²) >= 11 is 0. The van der Waals surface area contributed by atoms with Gasteiger partial charge in [-0.3, -0.25) is 19.5 Å². The maximum atomic E-state index is 12.3. The second-order valence-corrected chi connectivity index (χ2v) is 5.50.